The highest BCUT2D eigenvalue weighted by molar-refractivity contribution is 5.74. The molecular formula is C10H13F2N2O+. The summed E-state index contributed by atoms with van der Waals surface area (Å²) in [4.78, 5) is 10.5. The zero-order valence-electron chi connectivity index (χ0n) is 8.34. The fourth-order valence-electron chi connectivity index (χ4n) is 1.22. The molecule has 0 saturated carbocycles. The van der Waals surface area contributed by atoms with E-state index in [-0.39, 0.29) is 12.6 Å². The Kier molecular flexibility index (Phi) is 3.74. The Morgan fingerprint density at radius 1 is 1.47 bits per heavy atom. The van der Waals surface area contributed by atoms with Crippen molar-refractivity contribution in [3.05, 3.63) is 35.4 Å². The molecule has 1 atom stereocenters. The van der Waals surface area contributed by atoms with Gasteiger partial charge < -0.3 is 11.1 Å². The summed E-state index contributed by atoms with van der Waals surface area (Å²) in [7, 11) is 0. The lowest BCUT2D eigenvalue weighted by atomic mass is 10.1. The van der Waals surface area contributed by atoms with Gasteiger partial charge >= 0.3 is 0 Å². The maximum Gasteiger partial charge on any atom is 0.272 e. The number of halogens is 2. The number of hydrogen-bond acceptors (Lipinski definition) is 1. The number of benzene rings is 1. The summed E-state index contributed by atoms with van der Waals surface area (Å²) in [6.07, 6.45) is 0. The number of carbonyl (C=O) groups excluding carboxylic acids is 1. The Labute approximate surface area is 86.3 Å². The quantitative estimate of drug-likeness (QED) is 0.734. The van der Waals surface area contributed by atoms with Crippen molar-refractivity contribution in [2.75, 3.05) is 6.54 Å². The van der Waals surface area contributed by atoms with Crippen LogP contribution in [0.2, 0.25) is 0 Å². The normalized spacial score (nSPS) is 12.5. The number of primary amides is 1. The third-order valence-corrected chi connectivity index (χ3v) is 2.14. The molecular weight excluding hydrogens is 202 g/mol. The van der Waals surface area contributed by atoms with Gasteiger partial charge in [-0.15, -0.1) is 0 Å². The largest absolute Gasteiger partial charge is 0.365 e. The van der Waals surface area contributed by atoms with Gasteiger partial charge in [-0.1, -0.05) is 0 Å². The predicted octanol–water partition coefficient (Wildman–Crippen LogP) is 0.0745. The zero-order chi connectivity index (χ0) is 11.4. The summed E-state index contributed by atoms with van der Waals surface area (Å²) in [6.45, 7) is 1.91. The Bertz CT molecular complexity index is 368. The second-order valence-corrected chi connectivity index (χ2v) is 3.37. The van der Waals surface area contributed by atoms with Gasteiger partial charge in [-0.05, 0) is 25.1 Å². The Balaban J connectivity index is 2.69. The van der Waals surface area contributed by atoms with Crippen LogP contribution < -0.4 is 11.1 Å². The number of carbonyl (C=O) groups is 1. The third kappa shape index (κ3) is 3.28. The van der Waals surface area contributed by atoms with Gasteiger partial charge in [0.05, 0.1) is 0 Å². The molecule has 0 aliphatic heterocycles. The van der Waals surface area contributed by atoms with E-state index in [0.717, 1.165) is 12.1 Å². The summed E-state index contributed by atoms with van der Waals surface area (Å²) in [5, 5.41) is 1.66. The van der Waals surface area contributed by atoms with Crippen LogP contribution in [0.3, 0.4) is 0 Å². The molecule has 0 aromatic heterocycles. The summed E-state index contributed by atoms with van der Waals surface area (Å²) in [5.41, 5.74) is 5.59. The maximum atomic E-state index is 12.9. The van der Waals surface area contributed by atoms with Crippen molar-refractivity contribution in [2.45, 2.75) is 13.0 Å². The molecule has 1 aromatic carbocycles. The van der Waals surface area contributed by atoms with Gasteiger partial charge in [-0.3, -0.25) is 4.79 Å². The van der Waals surface area contributed by atoms with E-state index in [1.54, 1.807) is 12.2 Å². The van der Waals surface area contributed by atoms with Crippen molar-refractivity contribution in [1.29, 1.82) is 0 Å². The van der Waals surface area contributed by atoms with Crippen molar-refractivity contribution in [1.82, 2.24) is 0 Å². The van der Waals surface area contributed by atoms with Crippen molar-refractivity contribution < 1.29 is 18.9 Å². The van der Waals surface area contributed by atoms with Gasteiger partial charge in [0.15, 0.2) is 18.2 Å². The molecule has 0 aliphatic carbocycles. The maximum absolute atomic E-state index is 12.9. The van der Waals surface area contributed by atoms with Gasteiger partial charge in [0.25, 0.3) is 5.91 Å². The van der Waals surface area contributed by atoms with Crippen molar-refractivity contribution in [3.8, 4) is 0 Å². The fourth-order valence-corrected chi connectivity index (χ4v) is 1.22. The lowest BCUT2D eigenvalue weighted by Crippen LogP contribution is -2.86. The van der Waals surface area contributed by atoms with Crippen LogP contribution >= 0.6 is 0 Å². The van der Waals surface area contributed by atoms with E-state index >= 15 is 0 Å². The van der Waals surface area contributed by atoms with Crippen LogP contribution in [-0.4, -0.2) is 12.5 Å². The molecule has 0 saturated heterocycles. The molecule has 0 fully saturated rings. The molecule has 4 N–H and O–H groups in total. The molecule has 1 rings (SSSR count). The highest BCUT2D eigenvalue weighted by Gasteiger charge is 2.12. The second kappa shape index (κ2) is 4.84. The SMILES string of the molecule is C[C@@H]([NH2+]CC(N)=O)c1ccc(F)c(F)c1. The van der Waals surface area contributed by atoms with Crippen molar-refractivity contribution >= 4 is 5.91 Å². The topological polar surface area (TPSA) is 59.7 Å². The van der Waals surface area contributed by atoms with Crippen LogP contribution in [0, 0.1) is 11.6 Å². The van der Waals surface area contributed by atoms with Crippen molar-refractivity contribution in [2.24, 2.45) is 5.73 Å². The minimum absolute atomic E-state index is 0.125. The highest BCUT2D eigenvalue weighted by atomic mass is 19.2. The van der Waals surface area contributed by atoms with Gasteiger partial charge in [-0.25, -0.2) is 8.78 Å². The molecule has 0 heterocycles. The molecule has 0 aliphatic rings. The number of hydrogen-bond donors (Lipinski definition) is 2. The van der Waals surface area contributed by atoms with E-state index in [9.17, 15) is 13.6 Å². The van der Waals surface area contributed by atoms with Crippen LogP contribution in [0.5, 0.6) is 0 Å². The van der Waals surface area contributed by atoms with E-state index in [0.29, 0.717) is 5.56 Å². The lowest BCUT2D eigenvalue weighted by molar-refractivity contribution is -0.682. The number of quaternary nitrogens is 1. The number of amides is 1. The van der Waals surface area contributed by atoms with Crippen LogP contribution in [0.4, 0.5) is 8.78 Å². The molecule has 1 aromatic rings. The Hall–Kier alpha value is -1.49. The van der Waals surface area contributed by atoms with E-state index in [4.69, 9.17) is 5.73 Å². The zero-order valence-corrected chi connectivity index (χ0v) is 8.34. The molecule has 0 bridgehead atoms. The average Bonchev–Trinajstić information content (AvgIpc) is 2.18. The molecule has 5 heteroatoms. The number of rotatable bonds is 4. The van der Waals surface area contributed by atoms with Crippen LogP contribution in [0.1, 0.15) is 18.5 Å². The Morgan fingerprint density at radius 2 is 2.13 bits per heavy atom. The molecule has 0 spiro atoms. The smallest absolute Gasteiger partial charge is 0.272 e. The average molecular weight is 215 g/mol. The van der Waals surface area contributed by atoms with Gasteiger partial charge in [-0.2, -0.15) is 0 Å². The minimum Gasteiger partial charge on any atom is -0.365 e. The van der Waals surface area contributed by atoms with E-state index in [1.165, 1.54) is 6.07 Å². The van der Waals surface area contributed by atoms with Crippen LogP contribution in [-0.2, 0) is 4.79 Å². The van der Waals surface area contributed by atoms with Crippen LogP contribution in [0.25, 0.3) is 0 Å². The molecule has 1 amide bonds. The summed E-state index contributed by atoms with van der Waals surface area (Å²) < 4.78 is 25.5. The third-order valence-electron chi connectivity index (χ3n) is 2.14. The summed E-state index contributed by atoms with van der Waals surface area (Å²) in [5.74, 6) is -2.20. The van der Waals surface area contributed by atoms with Crippen molar-refractivity contribution in [3.63, 3.8) is 0 Å². The first kappa shape index (κ1) is 11.6. The predicted molar refractivity (Wildman–Crippen MR) is 50.8 cm³/mol. The van der Waals surface area contributed by atoms with Gasteiger partial charge in [0, 0.05) is 5.56 Å². The molecule has 0 unspecified atom stereocenters. The molecule has 15 heavy (non-hydrogen) atoms. The first-order valence-corrected chi connectivity index (χ1v) is 4.57. The molecule has 82 valence electrons. The van der Waals surface area contributed by atoms with Gasteiger partial charge in [0.1, 0.15) is 6.04 Å². The fraction of sp³-hybridized carbons (Fsp3) is 0.300. The van der Waals surface area contributed by atoms with E-state index in [1.807, 2.05) is 0 Å². The van der Waals surface area contributed by atoms with E-state index < -0.39 is 17.5 Å². The first-order valence-electron chi connectivity index (χ1n) is 4.57. The van der Waals surface area contributed by atoms with Gasteiger partial charge in [0.2, 0.25) is 0 Å². The molecule has 3 nitrogen and oxygen atoms in total. The van der Waals surface area contributed by atoms with Crippen LogP contribution in [0.15, 0.2) is 18.2 Å². The lowest BCUT2D eigenvalue weighted by Gasteiger charge is -2.09. The standard InChI is InChI=1S/C10H12F2N2O/c1-6(14-5-10(13)15)7-2-3-8(11)9(12)4-7/h2-4,6,14H,5H2,1H3,(H2,13,15)/p+1/t6-/m1/s1. The van der Waals surface area contributed by atoms with E-state index in [2.05, 4.69) is 0 Å². The number of nitrogens with two attached hydrogens (primary N) is 2. The Morgan fingerprint density at radius 3 is 2.67 bits per heavy atom. The highest BCUT2D eigenvalue weighted by Crippen LogP contribution is 2.12. The first-order chi connectivity index (χ1) is 7.00. The summed E-state index contributed by atoms with van der Waals surface area (Å²) >= 11 is 0. The summed E-state index contributed by atoms with van der Waals surface area (Å²) in [6, 6.07) is 3.55. The second-order valence-electron chi connectivity index (χ2n) is 3.37. The minimum atomic E-state index is -0.883. The monoisotopic (exact) mass is 215 g/mol. The molecule has 0 radical (unpaired) electrons.